The van der Waals surface area contributed by atoms with Crippen LogP contribution in [0, 0.1) is 18.3 Å². The number of rotatable bonds is 5. The Morgan fingerprint density at radius 3 is 2.75 bits per heavy atom. The third-order valence-corrected chi connectivity index (χ3v) is 3.20. The minimum Gasteiger partial charge on any atom is -0.489 e. The molecule has 0 radical (unpaired) electrons. The van der Waals surface area contributed by atoms with E-state index >= 15 is 0 Å². The molecule has 2 N–H and O–H groups in total. The molecular formula is C17H18N2O. The van der Waals surface area contributed by atoms with Gasteiger partial charge < -0.3 is 10.5 Å². The van der Waals surface area contributed by atoms with E-state index in [1.54, 1.807) is 0 Å². The Labute approximate surface area is 119 Å². The number of hydrogen-bond acceptors (Lipinski definition) is 3. The number of nitriles is 1. The highest BCUT2D eigenvalue weighted by Crippen LogP contribution is 2.17. The van der Waals surface area contributed by atoms with Crippen LogP contribution in [0.3, 0.4) is 0 Å². The lowest BCUT2D eigenvalue weighted by atomic mass is 10.1. The molecule has 0 saturated carbocycles. The molecular weight excluding hydrogens is 248 g/mol. The molecule has 0 aliphatic rings. The van der Waals surface area contributed by atoms with Crippen LogP contribution < -0.4 is 10.5 Å². The van der Waals surface area contributed by atoms with E-state index in [4.69, 9.17) is 15.7 Å². The minimum atomic E-state index is 0.504. The molecule has 102 valence electrons. The zero-order valence-electron chi connectivity index (χ0n) is 11.6. The average Bonchev–Trinajstić information content (AvgIpc) is 2.46. The van der Waals surface area contributed by atoms with Crippen LogP contribution in [0.25, 0.3) is 0 Å². The van der Waals surface area contributed by atoms with Crippen LogP contribution in [0.15, 0.2) is 42.5 Å². The van der Waals surface area contributed by atoms with Crippen molar-refractivity contribution in [1.82, 2.24) is 0 Å². The molecule has 2 aromatic rings. The molecule has 0 aromatic heterocycles. The van der Waals surface area contributed by atoms with Gasteiger partial charge in [0.15, 0.2) is 0 Å². The first-order chi connectivity index (χ1) is 9.72. The highest BCUT2D eigenvalue weighted by molar-refractivity contribution is 5.37. The monoisotopic (exact) mass is 266 g/mol. The standard InChI is InChI=1S/C17H18N2O/c1-13-9-15(11-19)5-6-16(13)12-20-17-4-2-3-14(10-17)7-8-18/h2-6,9-10H,7-8,12,18H2,1H3. The summed E-state index contributed by atoms with van der Waals surface area (Å²) in [6.45, 7) is 3.13. The summed E-state index contributed by atoms with van der Waals surface area (Å²) in [7, 11) is 0. The SMILES string of the molecule is Cc1cc(C#N)ccc1COc1cccc(CCN)c1. The van der Waals surface area contributed by atoms with E-state index in [0.29, 0.717) is 18.7 Å². The second-order valence-corrected chi connectivity index (χ2v) is 4.73. The number of benzene rings is 2. The normalized spacial score (nSPS) is 10.1. The van der Waals surface area contributed by atoms with E-state index in [1.165, 1.54) is 5.56 Å². The third-order valence-electron chi connectivity index (χ3n) is 3.20. The maximum atomic E-state index is 8.85. The molecule has 0 unspecified atom stereocenters. The van der Waals surface area contributed by atoms with Crippen molar-refractivity contribution in [3.8, 4) is 11.8 Å². The smallest absolute Gasteiger partial charge is 0.120 e. The second-order valence-electron chi connectivity index (χ2n) is 4.73. The first-order valence-corrected chi connectivity index (χ1v) is 6.64. The number of hydrogen-bond donors (Lipinski definition) is 1. The van der Waals surface area contributed by atoms with Gasteiger partial charge in [0, 0.05) is 0 Å². The molecule has 0 heterocycles. The fraction of sp³-hybridized carbons (Fsp3) is 0.235. The van der Waals surface area contributed by atoms with Crippen LogP contribution >= 0.6 is 0 Å². The highest BCUT2D eigenvalue weighted by Gasteiger charge is 2.02. The quantitative estimate of drug-likeness (QED) is 0.905. The number of aryl methyl sites for hydroxylation is 1. The zero-order chi connectivity index (χ0) is 14.4. The molecule has 3 heteroatoms. The van der Waals surface area contributed by atoms with Gasteiger partial charge in [-0.3, -0.25) is 0 Å². The molecule has 0 atom stereocenters. The van der Waals surface area contributed by atoms with E-state index in [2.05, 4.69) is 6.07 Å². The Balaban J connectivity index is 2.05. The van der Waals surface area contributed by atoms with Crippen molar-refractivity contribution in [2.75, 3.05) is 6.54 Å². The molecule has 0 spiro atoms. The highest BCUT2D eigenvalue weighted by atomic mass is 16.5. The molecule has 0 saturated heterocycles. The van der Waals surface area contributed by atoms with E-state index in [-0.39, 0.29) is 0 Å². The summed E-state index contributed by atoms with van der Waals surface area (Å²) in [5, 5.41) is 8.85. The van der Waals surface area contributed by atoms with E-state index in [1.807, 2.05) is 49.4 Å². The first kappa shape index (κ1) is 14.1. The maximum absolute atomic E-state index is 8.85. The molecule has 0 aliphatic heterocycles. The van der Waals surface area contributed by atoms with E-state index < -0.39 is 0 Å². The van der Waals surface area contributed by atoms with Crippen molar-refractivity contribution in [2.24, 2.45) is 5.73 Å². The van der Waals surface area contributed by atoms with Gasteiger partial charge in [-0.1, -0.05) is 18.2 Å². The van der Waals surface area contributed by atoms with Crippen molar-refractivity contribution in [3.63, 3.8) is 0 Å². The van der Waals surface area contributed by atoms with Gasteiger partial charge in [0.2, 0.25) is 0 Å². The lowest BCUT2D eigenvalue weighted by molar-refractivity contribution is 0.305. The molecule has 0 fully saturated rings. The van der Waals surface area contributed by atoms with Crippen molar-refractivity contribution in [2.45, 2.75) is 20.0 Å². The molecule has 0 aliphatic carbocycles. The van der Waals surface area contributed by atoms with Gasteiger partial charge in [-0.2, -0.15) is 5.26 Å². The van der Waals surface area contributed by atoms with Crippen LogP contribution in [0.5, 0.6) is 5.75 Å². The number of nitrogens with two attached hydrogens (primary N) is 1. The summed E-state index contributed by atoms with van der Waals surface area (Å²) in [5.74, 6) is 0.847. The Kier molecular flexibility index (Phi) is 4.75. The molecule has 3 nitrogen and oxygen atoms in total. The Hall–Kier alpha value is -2.31. The predicted octanol–water partition coefficient (Wildman–Crippen LogP) is 2.95. The lowest BCUT2D eigenvalue weighted by Crippen LogP contribution is -2.03. The van der Waals surface area contributed by atoms with Crippen molar-refractivity contribution in [3.05, 3.63) is 64.7 Å². The number of nitrogens with zero attached hydrogens (tertiary/aromatic N) is 1. The lowest BCUT2D eigenvalue weighted by Gasteiger charge is -2.10. The minimum absolute atomic E-state index is 0.504. The fourth-order valence-corrected chi connectivity index (χ4v) is 2.05. The van der Waals surface area contributed by atoms with Crippen molar-refractivity contribution >= 4 is 0 Å². The summed E-state index contributed by atoms with van der Waals surface area (Å²) < 4.78 is 5.81. The van der Waals surface area contributed by atoms with Gasteiger partial charge in [-0.15, -0.1) is 0 Å². The predicted molar refractivity (Wildman–Crippen MR) is 79.4 cm³/mol. The zero-order valence-corrected chi connectivity index (χ0v) is 11.6. The summed E-state index contributed by atoms with van der Waals surface area (Å²) in [5.41, 5.74) is 9.58. The Morgan fingerprint density at radius 1 is 1.20 bits per heavy atom. The summed E-state index contributed by atoms with van der Waals surface area (Å²) in [4.78, 5) is 0. The van der Waals surface area contributed by atoms with Gasteiger partial charge in [-0.25, -0.2) is 0 Å². The van der Waals surface area contributed by atoms with Crippen LogP contribution in [-0.4, -0.2) is 6.54 Å². The summed E-state index contributed by atoms with van der Waals surface area (Å²) in [6.07, 6.45) is 0.854. The Morgan fingerprint density at radius 2 is 2.05 bits per heavy atom. The molecule has 20 heavy (non-hydrogen) atoms. The van der Waals surface area contributed by atoms with Gasteiger partial charge >= 0.3 is 0 Å². The largest absolute Gasteiger partial charge is 0.489 e. The summed E-state index contributed by atoms with van der Waals surface area (Å²) in [6, 6.07) is 15.8. The third kappa shape index (κ3) is 3.59. The van der Waals surface area contributed by atoms with E-state index in [0.717, 1.165) is 23.3 Å². The molecule has 2 rings (SSSR count). The van der Waals surface area contributed by atoms with Gasteiger partial charge in [0.1, 0.15) is 12.4 Å². The molecule has 0 bridgehead atoms. The van der Waals surface area contributed by atoms with E-state index in [9.17, 15) is 0 Å². The van der Waals surface area contributed by atoms with Gasteiger partial charge in [0.05, 0.1) is 11.6 Å². The van der Waals surface area contributed by atoms with Crippen molar-refractivity contribution < 1.29 is 4.74 Å². The second kappa shape index (κ2) is 6.74. The van der Waals surface area contributed by atoms with Crippen molar-refractivity contribution in [1.29, 1.82) is 5.26 Å². The molecule has 0 amide bonds. The fourth-order valence-electron chi connectivity index (χ4n) is 2.05. The first-order valence-electron chi connectivity index (χ1n) is 6.64. The van der Waals surface area contributed by atoms with Crippen LogP contribution in [0.2, 0.25) is 0 Å². The maximum Gasteiger partial charge on any atom is 0.120 e. The Bertz CT molecular complexity index is 629. The average molecular weight is 266 g/mol. The van der Waals surface area contributed by atoms with Crippen LogP contribution in [0.1, 0.15) is 22.3 Å². The van der Waals surface area contributed by atoms with Gasteiger partial charge in [-0.05, 0) is 60.8 Å². The van der Waals surface area contributed by atoms with Gasteiger partial charge in [0.25, 0.3) is 0 Å². The summed E-state index contributed by atoms with van der Waals surface area (Å²) >= 11 is 0. The van der Waals surface area contributed by atoms with Crippen LogP contribution in [-0.2, 0) is 13.0 Å². The van der Waals surface area contributed by atoms with Crippen LogP contribution in [0.4, 0.5) is 0 Å². The number of ether oxygens (including phenoxy) is 1. The molecule has 2 aromatic carbocycles. The topological polar surface area (TPSA) is 59.0 Å².